The average Bonchev–Trinajstić information content (AvgIpc) is 2.85. The second kappa shape index (κ2) is 5.81. The fraction of sp³-hybridized carbons (Fsp3) is 0.533. The van der Waals surface area contributed by atoms with Gasteiger partial charge in [0, 0.05) is 38.8 Å². The molecule has 5 nitrogen and oxygen atoms in total. The molecule has 1 aromatic carbocycles. The highest BCUT2D eigenvalue weighted by molar-refractivity contribution is 5.74. The second-order valence-corrected chi connectivity index (χ2v) is 5.63. The Labute approximate surface area is 119 Å². The zero-order chi connectivity index (χ0) is 13.9. The number of carbonyl (C=O) groups is 1. The molecular weight excluding hydrogens is 254 g/mol. The normalized spacial score (nSPS) is 26.4. The quantitative estimate of drug-likeness (QED) is 0.833. The van der Waals surface area contributed by atoms with Crippen molar-refractivity contribution in [3.8, 4) is 0 Å². The summed E-state index contributed by atoms with van der Waals surface area (Å²) in [5.41, 5.74) is 1.11. The summed E-state index contributed by atoms with van der Waals surface area (Å²) in [6, 6.07) is 10.2. The molecule has 2 aliphatic heterocycles. The van der Waals surface area contributed by atoms with Crippen molar-refractivity contribution in [3.63, 3.8) is 0 Å². The topological polar surface area (TPSA) is 55.8 Å². The fourth-order valence-electron chi connectivity index (χ4n) is 3.09. The van der Waals surface area contributed by atoms with Crippen molar-refractivity contribution in [2.45, 2.75) is 25.1 Å². The van der Waals surface area contributed by atoms with Crippen LogP contribution in [0.2, 0.25) is 0 Å². The van der Waals surface area contributed by atoms with Crippen LogP contribution in [0.25, 0.3) is 0 Å². The third-order valence-corrected chi connectivity index (χ3v) is 4.17. The lowest BCUT2D eigenvalue weighted by atomic mass is 10.1. The van der Waals surface area contributed by atoms with E-state index in [2.05, 4.69) is 10.2 Å². The molecule has 2 atom stereocenters. The number of benzene rings is 1. The molecule has 0 aliphatic carbocycles. The van der Waals surface area contributed by atoms with Gasteiger partial charge in [-0.2, -0.15) is 0 Å². The minimum atomic E-state index is -0.229. The fourth-order valence-corrected chi connectivity index (χ4v) is 3.09. The van der Waals surface area contributed by atoms with Crippen LogP contribution >= 0.6 is 0 Å². The summed E-state index contributed by atoms with van der Waals surface area (Å²) in [5.74, 6) is 0. The lowest BCUT2D eigenvalue weighted by Crippen LogP contribution is -2.54. The van der Waals surface area contributed by atoms with Gasteiger partial charge in [-0.15, -0.1) is 0 Å². The van der Waals surface area contributed by atoms with Crippen molar-refractivity contribution in [3.05, 3.63) is 35.9 Å². The van der Waals surface area contributed by atoms with Crippen LogP contribution in [0.3, 0.4) is 0 Å². The van der Waals surface area contributed by atoms with Crippen LogP contribution in [-0.4, -0.2) is 59.3 Å². The molecule has 108 valence electrons. The molecule has 2 fully saturated rings. The smallest absolute Gasteiger partial charge is 0.317 e. The first-order valence-corrected chi connectivity index (χ1v) is 7.21. The number of amides is 2. The Hall–Kier alpha value is -1.59. The molecule has 0 saturated carbocycles. The third kappa shape index (κ3) is 2.94. The molecule has 5 heteroatoms. The van der Waals surface area contributed by atoms with E-state index in [9.17, 15) is 9.90 Å². The SMILES string of the molecule is O=C(NCc1ccccc1)N1CCN2CC(O)CC2C1. The number of nitrogens with zero attached hydrogens (tertiary/aromatic N) is 2. The van der Waals surface area contributed by atoms with Crippen molar-refractivity contribution in [1.29, 1.82) is 0 Å². The highest BCUT2D eigenvalue weighted by Crippen LogP contribution is 2.21. The van der Waals surface area contributed by atoms with E-state index < -0.39 is 0 Å². The maximum atomic E-state index is 12.2. The van der Waals surface area contributed by atoms with Crippen molar-refractivity contribution in [1.82, 2.24) is 15.1 Å². The van der Waals surface area contributed by atoms with Crippen LogP contribution in [0.4, 0.5) is 4.79 Å². The largest absolute Gasteiger partial charge is 0.392 e. The van der Waals surface area contributed by atoms with E-state index in [0.29, 0.717) is 12.6 Å². The molecule has 2 N–H and O–H groups in total. The van der Waals surface area contributed by atoms with E-state index in [4.69, 9.17) is 0 Å². The van der Waals surface area contributed by atoms with Gasteiger partial charge in [-0.3, -0.25) is 4.90 Å². The number of piperazine rings is 1. The Morgan fingerprint density at radius 2 is 2.05 bits per heavy atom. The summed E-state index contributed by atoms with van der Waals surface area (Å²) in [4.78, 5) is 16.3. The van der Waals surface area contributed by atoms with E-state index in [1.807, 2.05) is 35.2 Å². The van der Waals surface area contributed by atoms with Gasteiger partial charge in [0.2, 0.25) is 0 Å². The van der Waals surface area contributed by atoms with Gasteiger partial charge in [-0.25, -0.2) is 4.79 Å². The van der Waals surface area contributed by atoms with Crippen molar-refractivity contribution >= 4 is 6.03 Å². The summed E-state index contributed by atoms with van der Waals surface area (Å²) >= 11 is 0. The molecule has 0 bridgehead atoms. The molecule has 2 saturated heterocycles. The van der Waals surface area contributed by atoms with E-state index in [-0.39, 0.29) is 12.1 Å². The van der Waals surface area contributed by atoms with Gasteiger partial charge in [0.05, 0.1) is 6.10 Å². The highest BCUT2D eigenvalue weighted by Gasteiger charge is 2.36. The average molecular weight is 275 g/mol. The highest BCUT2D eigenvalue weighted by atomic mass is 16.3. The van der Waals surface area contributed by atoms with E-state index in [1.165, 1.54) is 0 Å². The van der Waals surface area contributed by atoms with Crippen molar-refractivity contribution in [2.24, 2.45) is 0 Å². The number of aliphatic hydroxyl groups excluding tert-OH is 1. The van der Waals surface area contributed by atoms with Crippen LogP contribution in [0.1, 0.15) is 12.0 Å². The van der Waals surface area contributed by atoms with Gasteiger partial charge in [0.25, 0.3) is 0 Å². The van der Waals surface area contributed by atoms with Gasteiger partial charge in [0.15, 0.2) is 0 Å². The minimum Gasteiger partial charge on any atom is -0.392 e. The number of aliphatic hydroxyl groups is 1. The van der Waals surface area contributed by atoms with E-state index in [0.717, 1.165) is 38.2 Å². The Morgan fingerprint density at radius 1 is 1.25 bits per heavy atom. The van der Waals surface area contributed by atoms with Gasteiger partial charge < -0.3 is 15.3 Å². The first kappa shape index (κ1) is 13.4. The maximum Gasteiger partial charge on any atom is 0.317 e. The standard InChI is InChI=1S/C15H21N3O2/c19-14-8-13-10-18(7-6-17(13)11-14)15(20)16-9-12-4-2-1-3-5-12/h1-5,13-14,19H,6-11H2,(H,16,20). The molecular formula is C15H21N3O2. The molecule has 0 spiro atoms. The first-order valence-electron chi connectivity index (χ1n) is 7.21. The van der Waals surface area contributed by atoms with Crippen molar-refractivity contribution < 1.29 is 9.90 Å². The van der Waals surface area contributed by atoms with Crippen LogP contribution < -0.4 is 5.32 Å². The molecule has 20 heavy (non-hydrogen) atoms. The van der Waals surface area contributed by atoms with Gasteiger partial charge in [0.1, 0.15) is 0 Å². The first-order chi connectivity index (χ1) is 9.72. The summed E-state index contributed by atoms with van der Waals surface area (Å²) in [7, 11) is 0. The predicted octanol–water partition coefficient (Wildman–Crippen LogP) is 0.647. The van der Waals surface area contributed by atoms with E-state index >= 15 is 0 Å². The van der Waals surface area contributed by atoms with Crippen LogP contribution in [0.5, 0.6) is 0 Å². The Balaban J connectivity index is 1.51. The van der Waals surface area contributed by atoms with Gasteiger partial charge in [-0.1, -0.05) is 30.3 Å². The summed E-state index contributed by atoms with van der Waals surface area (Å²) in [6.07, 6.45) is 0.551. The lowest BCUT2D eigenvalue weighted by Gasteiger charge is -2.37. The zero-order valence-electron chi connectivity index (χ0n) is 11.5. The lowest BCUT2D eigenvalue weighted by molar-refractivity contribution is 0.114. The van der Waals surface area contributed by atoms with Crippen molar-refractivity contribution in [2.75, 3.05) is 26.2 Å². The number of hydrogen-bond donors (Lipinski definition) is 2. The minimum absolute atomic E-state index is 0.00473. The Kier molecular flexibility index (Phi) is 3.89. The van der Waals surface area contributed by atoms with E-state index in [1.54, 1.807) is 0 Å². The molecule has 1 aromatic rings. The maximum absolute atomic E-state index is 12.2. The number of hydrogen-bond acceptors (Lipinski definition) is 3. The van der Waals surface area contributed by atoms with Crippen LogP contribution in [-0.2, 0) is 6.54 Å². The summed E-state index contributed by atoms with van der Waals surface area (Å²) in [6.45, 7) is 3.64. The third-order valence-electron chi connectivity index (χ3n) is 4.17. The van der Waals surface area contributed by atoms with Crippen LogP contribution in [0, 0.1) is 0 Å². The molecule has 2 unspecified atom stereocenters. The predicted molar refractivity (Wildman–Crippen MR) is 76.2 cm³/mol. The van der Waals surface area contributed by atoms with Gasteiger partial charge >= 0.3 is 6.03 Å². The van der Waals surface area contributed by atoms with Gasteiger partial charge in [-0.05, 0) is 12.0 Å². The van der Waals surface area contributed by atoms with Crippen LogP contribution in [0.15, 0.2) is 30.3 Å². The summed E-state index contributed by atoms with van der Waals surface area (Å²) < 4.78 is 0. The second-order valence-electron chi connectivity index (χ2n) is 5.63. The molecule has 0 radical (unpaired) electrons. The number of nitrogens with one attached hydrogen (secondary N) is 1. The zero-order valence-corrected chi connectivity index (χ0v) is 11.5. The summed E-state index contributed by atoms with van der Waals surface area (Å²) in [5, 5.41) is 12.6. The number of rotatable bonds is 2. The number of carbonyl (C=O) groups excluding carboxylic acids is 1. The Bertz CT molecular complexity index is 465. The monoisotopic (exact) mass is 275 g/mol. The molecule has 2 aliphatic rings. The molecule has 3 rings (SSSR count). The number of fused-ring (bicyclic) bond motifs is 1. The molecule has 2 amide bonds. The molecule has 2 heterocycles. The molecule has 0 aromatic heterocycles. The number of urea groups is 1. The Morgan fingerprint density at radius 3 is 2.85 bits per heavy atom.